The number of benzene rings is 1. The first-order valence-electron chi connectivity index (χ1n) is 6.11. The fraction of sp³-hybridized carbons (Fsp3) is 0.0769. The predicted octanol–water partition coefficient (Wildman–Crippen LogP) is 1.49. The van der Waals surface area contributed by atoms with Crippen LogP contribution in [0.5, 0.6) is 0 Å². The third-order valence-electron chi connectivity index (χ3n) is 3.39. The molecule has 0 aliphatic rings. The maximum absolute atomic E-state index is 6.00. The van der Waals surface area contributed by atoms with Crippen LogP contribution in [0.15, 0.2) is 30.7 Å². The van der Waals surface area contributed by atoms with E-state index in [4.69, 9.17) is 5.73 Å². The smallest absolute Gasteiger partial charge is 0.163 e. The number of hydrogen-bond acceptors (Lipinski definition) is 5. The summed E-state index contributed by atoms with van der Waals surface area (Å²) in [6.45, 7) is 0. The van der Waals surface area contributed by atoms with Gasteiger partial charge in [-0.3, -0.25) is 5.10 Å². The Balaban J connectivity index is 2.15. The summed E-state index contributed by atoms with van der Waals surface area (Å²) in [6.07, 6.45) is 3.23. The molecule has 0 atom stereocenters. The SMILES string of the molecule is Cn1nc(-c2cccc3[nH]ncc23)c2c(N)ncnc21. The number of aromatic amines is 1. The molecule has 0 saturated carbocycles. The molecule has 0 aliphatic carbocycles. The van der Waals surface area contributed by atoms with E-state index in [0.29, 0.717) is 11.5 Å². The minimum Gasteiger partial charge on any atom is -0.383 e. The summed E-state index contributed by atoms with van der Waals surface area (Å²) in [7, 11) is 1.84. The topological polar surface area (TPSA) is 98.3 Å². The molecule has 4 rings (SSSR count). The zero-order valence-electron chi connectivity index (χ0n) is 10.7. The molecule has 1 aromatic carbocycles. The second-order valence-corrected chi connectivity index (χ2v) is 4.57. The highest BCUT2D eigenvalue weighted by atomic mass is 15.3. The summed E-state index contributed by atoms with van der Waals surface area (Å²) in [5, 5.41) is 13.3. The van der Waals surface area contributed by atoms with Gasteiger partial charge in [-0.2, -0.15) is 10.2 Å². The number of aromatic nitrogens is 6. The van der Waals surface area contributed by atoms with Crippen LogP contribution < -0.4 is 5.73 Å². The summed E-state index contributed by atoms with van der Waals surface area (Å²) in [5.74, 6) is 0.429. The first kappa shape index (κ1) is 10.9. The normalized spacial score (nSPS) is 11.4. The Labute approximate surface area is 113 Å². The van der Waals surface area contributed by atoms with E-state index in [1.165, 1.54) is 6.33 Å². The van der Waals surface area contributed by atoms with E-state index in [0.717, 1.165) is 27.5 Å². The lowest BCUT2D eigenvalue weighted by atomic mass is 10.1. The van der Waals surface area contributed by atoms with Crippen LogP contribution in [-0.4, -0.2) is 29.9 Å². The van der Waals surface area contributed by atoms with Gasteiger partial charge in [0, 0.05) is 18.0 Å². The Bertz CT molecular complexity index is 934. The van der Waals surface area contributed by atoms with Gasteiger partial charge in [0.05, 0.1) is 17.1 Å². The van der Waals surface area contributed by atoms with Gasteiger partial charge in [-0.05, 0) is 6.07 Å². The summed E-state index contributed by atoms with van der Waals surface area (Å²) in [4.78, 5) is 8.31. The van der Waals surface area contributed by atoms with Crippen LogP contribution in [0.4, 0.5) is 5.82 Å². The standard InChI is InChI=1S/C13H11N7/c1-20-13-10(12(14)15-6-16-13)11(19-20)7-3-2-4-9-8(7)5-17-18-9/h2-6H,1H3,(H,17,18)(H2,14,15,16). The number of hydrogen-bond donors (Lipinski definition) is 2. The number of nitrogens with zero attached hydrogens (tertiary/aromatic N) is 5. The van der Waals surface area contributed by atoms with Gasteiger partial charge in [-0.1, -0.05) is 12.1 Å². The van der Waals surface area contributed by atoms with Crippen molar-refractivity contribution in [2.24, 2.45) is 7.05 Å². The summed E-state index contributed by atoms with van der Waals surface area (Å²) >= 11 is 0. The van der Waals surface area contributed by atoms with E-state index in [1.54, 1.807) is 10.9 Å². The molecule has 0 unspecified atom stereocenters. The number of fused-ring (bicyclic) bond motifs is 2. The predicted molar refractivity (Wildman–Crippen MR) is 75.8 cm³/mol. The number of H-pyrrole nitrogens is 1. The third-order valence-corrected chi connectivity index (χ3v) is 3.39. The highest BCUT2D eigenvalue weighted by Gasteiger charge is 2.17. The molecule has 20 heavy (non-hydrogen) atoms. The summed E-state index contributed by atoms with van der Waals surface area (Å²) < 4.78 is 1.71. The molecule has 0 fully saturated rings. The molecule has 0 bridgehead atoms. The maximum Gasteiger partial charge on any atom is 0.163 e. The van der Waals surface area contributed by atoms with E-state index < -0.39 is 0 Å². The lowest BCUT2D eigenvalue weighted by molar-refractivity contribution is 0.789. The van der Waals surface area contributed by atoms with E-state index in [1.807, 2.05) is 25.2 Å². The fourth-order valence-electron chi connectivity index (χ4n) is 2.47. The van der Waals surface area contributed by atoms with Crippen molar-refractivity contribution in [2.45, 2.75) is 0 Å². The number of nitrogen functional groups attached to an aromatic ring is 1. The number of nitrogens with two attached hydrogens (primary N) is 1. The van der Waals surface area contributed by atoms with Gasteiger partial charge in [0.1, 0.15) is 17.8 Å². The number of anilines is 1. The molecule has 0 radical (unpaired) electrons. The van der Waals surface area contributed by atoms with Crippen LogP contribution in [0, 0.1) is 0 Å². The van der Waals surface area contributed by atoms with Gasteiger partial charge < -0.3 is 5.73 Å². The van der Waals surface area contributed by atoms with Crippen LogP contribution in [0.25, 0.3) is 33.2 Å². The second-order valence-electron chi connectivity index (χ2n) is 4.57. The molecular formula is C13H11N7. The molecular weight excluding hydrogens is 254 g/mol. The first-order valence-corrected chi connectivity index (χ1v) is 6.11. The number of rotatable bonds is 1. The zero-order valence-corrected chi connectivity index (χ0v) is 10.7. The molecule has 3 heterocycles. The average molecular weight is 265 g/mol. The number of nitrogens with one attached hydrogen (secondary N) is 1. The Morgan fingerprint density at radius 2 is 2.15 bits per heavy atom. The first-order chi connectivity index (χ1) is 9.75. The van der Waals surface area contributed by atoms with Crippen LogP contribution >= 0.6 is 0 Å². The quantitative estimate of drug-likeness (QED) is 0.543. The molecule has 7 nitrogen and oxygen atoms in total. The van der Waals surface area contributed by atoms with Gasteiger partial charge in [-0.25, -0.2) is 14.6 Å². The Morgan fingerprint density at radius 3 is 3.05 bits per heavy atom. The van der Waals surface area contributed by atoms with E-state index in [-0.39, 0.29) is 0 Å². The summed E-state index contributed by atoms with van der Waals surface area (Å²) in [6, 6.07) is 5.92. The maximum atomic E-state index is 6.00. The Kier molecular flexibility index (Phi) is 2.06. The van der Waals surface area contributed by atoms with Crippen molar-refractivity contribution in [3.05, 3.63) is 30.7 Å². The highest BCUT2D eigenvalue weighted by molar-refractivity contribution is 6.04. The van der Waals surface area contributed by atoms with Crippen LogP contribution in [0.1, 0.15) is 0 Å². The monoisotopic (exact) mass is 265 g/mol. The third kappa shape index (κ3) is 1.34. The Hall–Kier alpha value is -2.96. The van der Waals surface area contributed by atoms with Gasteiger partial charge in [0.2, 0.25) is 0 Å². The molecule has 0 saturated heterocycles. The molecule has 3 aromatic heterocycles. The highest BCUT2D eigenvalue weighted by Crippen LogP contribution is 2.33. The molecule has 0 spiro atoms. The van der Waals surface area contributed by atoms with Gasteiger partial charge >= 0.3 is 0 Å². The zero-order chi connectivity index (χ0) is 13.7. The van der Waals surface area contributed by atoms with Crippen molar-refractivity contribution in [2.75, 3.05) is 5.73 Å². The van der Waals surface area contributed by atoms with E-state index in [2.05, 4.69) is 25.3 Å². The van der Waals surface area contributed by atoms with Gasteiger partial charge in [0.25, 0.3) is 0 Å². The van der Waals surface area contributed by atoms with Crippen molar-refractivity contribution < 1.29 is 0 Å². The van der Waals surface area contributed by atoms with Crippen LogP contribution in [0.2, 0.25) is 0 Å². The second kappa shape index (κ2) is 3.77. The molecule has 0 aliphatic heterocycles. The minimum absolute atomic E-state index is 0.429. The van der Waals surface area contributed by atoms with Crippen molar-refractivity contribution in [3.63, 3.8) is 0 Å². The molecule has 7 heteroatoms. The number of aryl methyl sites for hydroxylation is 1. The fourth-order valence-corrected chi connectivity index (χ4v) is 2.47. The average Bonchev–Trinajstić information content (AvgIpc) is 3.04. The van der Waals surface area contributed by atoms with Gasteiger partial charge in [-0.15, -0.1) is 0 Å². The lowest BCUT2D eigenvalue weighted by Gasteiger charge is -2.00. The van der Waals surface area contributed by atoms with E-state index in [9.17, 15) is 0 Å². The van der Waals surface area contributed by atoms with Crippen molar-refractivity contribution in [1.29, 1.82) is 0 Å². The lowest BCUT2D eigenvalue weighted by Crippen LogP contribution is -1.95. The Morgan fingerprint density at radius 1 is 1.25 bits per heavy atom. The van der Waals surface area contributed by atoms with Crippen molar-refractivity contribution >= 4 is 27.8 Å². The molecule has 4 aromatic rings. The van der Waals surface area contributed by atoms with Crippen LogP contribution in [-0.2, 0) is 7.05 Å². The molecule has 98 valence electrons. The van der Waals surface area contributed by atoms with Crippen molar-refractivity contribution in [1.82, 2.24) is 29.9 Å². The minimum atomic E-state index is 0.429. The van der Waals surface area contributed by atoms with Gasteiger partial charge in [0.15, 0.2) is 5.65 Å². The van der Waals surface area contributed by atoms with Crippen LogP contribution in [0.3, 0.4) is 0 Å². The van der Waals surface area contributed by atoms with Crippen molar-refractivity contribution in [3.8, 4) is 11.3 Å². The molecule has 0 amide bonds. The largest absolute Gasteiger partial charge is 0.383 e. The van der Waals surface area contributed by atoms with E-state index >= 15 is 0 Å². The summed E-state index contributed by atoms with van der Waals surface area (Å²) in [5.41, 5.74) is 9.40. The molecule has 3 N–H and O–H groups in total.